The van der Waals surface area contributed by atoms with Gasteiger partial charge in [-0.3, -0.25) is 9.59 Å². The Morgan fingerprint density at radius 2 is 1.28 bits per heavy atom. The highest BCUT2D eigenvalue weighted by atomic mass is 16.5. The van der Waals surface area contributed by atoms with Crippen molar-refractivity contribution in [2.24, 2.45) is 0 Å². The third kappa shape index (κ3) is 3.58. The van der Waals surface area contributed by atoms with Gasteiger partial charge in [-0.25, -0.2) is 0 Å². The average molecular weight is 250 g/mol. The van der Waals surface area contributed by atoms with Gasteiger partial charge in [0.1, 0.15) is 11.5 Å². The molecule has 0 aliphatic rings. The van der Waals surface area contributed by atoms with Crippen molar-refractivity contribution in [2.45, 2.75) is 26.7 Å². The molecule has 0 heterocycles. The number of carbonyl (C=O) groups is 2. The molecule has 1 rings (SSSR count). The molecule has 0 spiro atoms. The smallest absolute Gasteiger partial charge is 0.153 e. The van der Waals surface area contributed by atoms with Gasteiger partial charge in [-0.15, -0.1) is 0 Å². The molecule has 4 heteroatoms. The van der Waals surface area contributed by atoms with E-state index in [1.807, 2.05) is 13.8 Å². The van der Waals surface area contributed by atoms with Gasteiger partial charge in [0, 0.05) is 0 Å². The van der Waals surface area contributed by atoms with Crippen LogP contribution in [0.4, 0.5) is 0 Å². The van der Waals surface area contributed by atoms with Gasteiger partial charge >= 0.3 is 0 Å². The molecule has 0 saturated heterocycles. The summed E-state index contributed by atoms with van der Waals surface area (Å²) in [5.74, 6) is 0.857. The van der Waals surface area contributed by atoms with Crippen LogP contribution in [0.15, 0.2) is 12.1 Å². The van der Waals surface area contributed by atoms with Gasteiger partial charge in [0.2, 0.25) is 0 Å². The van der Waals surface area contributed by atoms with Gasteiger partial charge in [-0.1, -0.05) is 13.8 Å². The topological polar surface area (TPSA) is 52.6 Å². The molecule has 4 nitrogen and oxygen atoms in total. The first kappa shape index (κ1) is 14.2. The fraction of sp³-hybridized carbons (Fsp3) is 0.429. The van der Waals surface area contributed by atoms with Crippen LogP contribution in [0.1, 0.15) is 47.4 Å². The van der Waals surface area contributed by atoms with Crippen LogP contribution < -0.4 is 9.47 Å². The van der Waals surface area contributed by atoms with Gasteiger partial charge < -0.3 is 9.47 Å². The Balaban J connectivity index is 3.06. The van der Waals surface area contributed by atoms with Crippen molar-refractivity contribution < 1.29 is 19.1 Å². The Bertz CT molecular complexity index is 373. The fourth-order valence-electron chi connectivity index (χ4n) is 1.45. The zero-order valence-electron chi connectivity index (χ0n) is 10.8. The molecule has 1 aromatic rings. The molecule has 0 atom stereocenters. The summed E-state index contributed by atoms with van der Waals surface area (Å²) in [5.41, 5.74) is 0.806. The molecule has 1 aromatic carbocycles. The predicted molar refractivity (Wildman–Crippen MR) is 68.8 cm³/mol. The van der Waals surface area contributed by atoms with Crippen molar-refractivity contribution in [1.82, 2.24) is 0 Å². The fourth-order valence-corrected chi connectivity index (χ4v) is 1.45. The van der Waals surface area contributed by atoms with Crippen LogP contribution in [0.25, 0.3) is 0 Å². The molecule has 0 aliphatic carbocycles. The van der Waals surface area contributed by atoms with E-state index in [4.69, 9.17) is 9.47 Å². The van der Waals surface area contributed by atoms with Crippen LogP contribution in [0.3, 0.4) is 0 Å². The predicted octanol–water partition coefficient (Wildman–Crippen LogP) is 2.89. The maximum atomic E-state index is 11.0. The van der Waals surface area contributed by atoms with E-state index >= 15 is 0 Å². The van der Waals surface area contributed by atoms with Gasteiger partial charge in [-0.05, 0) is 25.0 Å². The van der Waals surface area contributed by atoms with Crippen molar-refractivity contribution in [3.05, 3.63) is 23.3 Å². The Kier molecular flexibility index (Phi) is 5.91. The number of benzene rings is 1. The molecule has 0 aromatic heterocycles. The first-order valence-corrected chi connectivity index (χ1v) is 6.10. The van der Waals surface area contributed by atoms with E-state index in [1.54, 1.807) is 12.1 Å². The van der Waals surface area contributed by atoms with E-state index in [9.17, 15) is 9.59 Å². The second-order valence-electron chi connectivity index (χ2n) is 3.86. The molecule has 98 valence electrons. The molecule has 0 fully saturated rings. The maximum Gasteiger partial charge on any atom is 0.153 e. The first-order chi connectivity index (χ1) is 8.76. The zero-order chi connectivity index (χ0) is 13.4. The molecule has 0 aliphatic heterocycles. The average Bonchev–Trinajstić information content (AvgIpc) is 2.42. The number of ether oxygens (including phenoxy) is 2. The minimum absolute atomic E-state index is 0.403. The third-order valence-corrected chi connectivity index (χ3v) is 2.32. The summed E-state index contributed by atoms with van der Waals surface area (Å²) in [6.07, 6.45) is 3.09. The number of rotatable bonds is 8. The van der Waals surface area contributed by atoms with Crippen LogP contribution in [-0.4, -0.2) is 25.8 Å². The van der Waals surface area contributed by atoms with Crippen LogP contribution in [0, 0.1) is 0 Å². The summed E-state index contributed by atoms with van der Waals surface area (Å²) >= 11 is 0. The Morgan fingerprint density at radius 3 is 1.56 bits per heavy atom. The summed E-state index contributed by atoms with van der Waals surface area (Å²) in [4.78, 5) is 22.0. The van der Waals surface area contributed by atoms with Crippen LogP contribution in [0.2, 0.25) is 0 Å². The Hall–Kier alpha value is -1.84. The maximum absolute atomic E-state index is 11.0. The quantitative estimate of drug-likeness (QED) is 0.666. The second-order valence-corrected chi connectivity index (χ2v) is 3.86. The lowest BCUT2D eigenvalue weighted by molar-refractivity contribution is 0.110. The number of hydrogen-bond acceptors (Lipinski definition) is 4. The molecule has 0 amide bonds. The van der Waals surface area contributed by atoms with E-state index in [0.29, 0.717) is 48.4 Å². The summed E-state index contributed by atoms with van der Waals surface area (Å²) in [6, 6.07) is 3.11. The van der Waals surface area contributed by atoms with Crippen molar-refractivity contribution in [3.63, 3.8) is 0 Å². The molecular weight excluding hydrogens is 232 g/mol. The van der Waals surface area contributed by atoms with E-state index < -0.39 is 0 Å². The number of hydrogen-bond donors (Lipinski definition) is 0. The lowest BCUT2D eigenvalue weighted by atomic mass is 10.1. The second kappa shape index (κ2) is 7.48. The van der Waals surface area contributed by atoms with Crippen molar-refractivity contribution in [2.75, 3.05) is 13.2 Å². The third-order valence-electron chi connectivity index (χ3n) is 2.32. The summed E-state index contributed by atoms with van der Waals surface area (Å²) in [7, 11) is 0. The van der Waals surface area contributed by atoms with E-state index in [0.717, 1.165) is 12.8 Å². The van der Waals surface area contributed by atoms with Gasteiger partial charge in [0.15, 0.2) is 12.6 Å². The van der Waals surface area contributed by atoms with Crippen LogP contribution in [0.5, 0.6) is 11.5 Å². The van der Waals surface area contributed by atoms with Gasteiger partial charge in [-0.2, -0.15) is 0 Å². The van der Waals surface area contributed by atoms with Crippen LogP contribution >= 0.6 is 0 Å². The first-order valence-electron chi connectivity index (χ1n) is 6.10. The van der Waals surface area contributed by atoms with E-state index in [-0.39, 0.29) is 0 Å². The minimum Gasteiger partial charge on any atom is -0.493 e. The molecule has 0 unspecified atom stereocenters. The Labute approximate surface area is 107 Å². The van der Waals surface area contributed by atoms with E-state index in [2.05, 4.69) is 0 Å². The summed E-state index contributed by atoms with van der Waals surface area (Å²) < 4.78 is 10.9. The highest BCUT2D eigenvalue weighted by Gasteiger charge is 2.11. The van der Waals surface area contributed by atoms with Crippen LogP contribution in [-0.2, 0) is 0 Å². The summed E-state index contributed by atoms with van der Waals surface area (Å²) in [6.45, 7) is 4.96. The SMILES string of the molecule is CCCOc1cc(C=O)c(OCCC)cc1C=O. The molecular formula is C14H18O4. The molecule has 0 saturated carbocycles. The Morgan fingerprint density at radius 1 is 0.889 bits per heavy atom. The monoisotopic (exact) mass is 250 g/mol. The normalized spacial score (nSPS) is 9.89. The van der Waals surface area contributed by atoms with Gasteiger partial charge in [0.25, 0.3) is 0 Å². The minimum atomic E-state index is 0.403. The highest BCUT2D eigenvalue weighted by Crippen LogP contribution is 2.27. The lowest BCUT2D eigenvalue weighted by Gasteiger charge is -2.12. The molecule has 0 N–H and O–H groups in total. The van der Waals surface area contributed by atoms with Crippen molar-refractivity contribution in [1.29, 1.82) is 0 Å². The lowest BCUT2D eigenvalue weighted by Crippen LogP contribution is -2.03. The van der Waals surface area contributed by atoms with Crippen molar-refractivity contribution in [3.8, 4) is 11.5 Å². The van der Waals surface area contributed by atoms with E-state index in [1.165, 1.54) is 0 Å². The number of carbonyl (C=O) groups excluding carboxylic acids is 2. The molecule has 0 bridgehead atoms. The standard InChI is InChI=1S/C14H18O4/c1-3-5-17-13-7-12(10-16)14(18-6-4-2)8-11(13)9-15/h7-10H,3-6H2,1-2H3. The number of aldehydes is 2. The molecule has 18 heavy (non-hydrogen) atoms. The molecule has 0 radical (unpaired) electrons. The largest absolute Gasteiger partial charge is 0.493 e. The van der Waals surface area contributed by atoms with Gasteiger partial charge in [0.05, 0.1) is 24.3 Å². The highest BCUT2D eigenvalue weighted by molar-refractivity contribution is 5.87. The summed E-state index contributed by atoms with van der Waals surface area (Å²) in [5, 5.41) is 0. The van der Waals surface area contributed by atoms with Crippen molar-refractivity contribution >= 4 is 12.6 Å². The zero-order valence-corrected chi connectivity index (χ0v) is 10.8.